The normalized spacial score (nSPS) is 12.6. The third-order valence-electron chi connectivity index (χ3n) is 3.49. The summed E-state index contributed by atoms with van der Waals surface area (Å²) in [5.41, 5.74) is 8.76. The molecule has 0 aliphatic carbocycles. The monoisotopic (exact) mass is 273 g/mol. The molecule has 2 N–H and O–H groups in total. The fourth-order valence-electron chi connectivity index (χ4n) is 2.43. The lowest BCUT2D eigenvalue weighted by Gasteiger charge is -2.13. The lowest BCUT2D eigenvalue weighted by atomic mass is 10.1. The summed E-state index contributed by atoms with van der Waals surface area (Å²) >= 11 is 0. The molecule has 0 aliphatic heterocycles. The van der Waals surface area contributed by atoms with Gasteiger partial charge in [-0.2, -0.15) is 0 Å². The van der Waals surface area contributed by atoms with Crippen LogP contribution in [0.25, 0.3) is 11.4 Å². The van der Waals surface area contributed by atoms with Crippen LogP contribution in [0.1, 0.15) is 51.1 Å². The Morgan fingerprint density at radius 2 is 2.05 bits per heavy atom. The second kappa shape index (κ2) is 6.50. The Balaban J connectivity index is 2.23. The van der Waals surface area contributed by atoms with Crippen molar-refractivity contribution in [1.29, 1.82) is 0 Å². The van der Waals surface area contributed by atoms with Gasteiger partial charge in [0, 0.05) is 11.3 Å². The summed E-state index contributed by atoms with van der Waals surface area (Å²) in [6.07, 6.45) is 4.77. The van der Waals surface area contributed by atoms with Crippen molar-refractivity contribution >= 4 is 5.69 Å². The van der Waals surface area contributed by atoms with Crippen LogP contribution in [0.4, 0.5) is 5.69 Å². The van der Waals surface area contributed by atoms with E-state index in [9.17, 15) is 0 Å². The van der Waals surface area contributed by atoms with E-state index < -0.39 is 0 Å². The highest BCUT2D eigenvalue weighted by Crippen LogP contribution is 2.24. The Hall–Kier alpha value is -1.91. The Bertz CT molecular complexity index is 541. The highest BCUT2D eigenvalue weighted by Gasteiger charge is 2.14. The molecule has 2 rings (SSSR count). The maximum absolute atomic E-state index is 5.91. The number of nitrogen functional groups attached to an aromatic ring is 1. The summed E-state index contributed by atoms with van der Waals surface area (Å²) in [5.74, 6) is 0.796. The second-order valence-corrected chi connectivity index (χ2v) is 5.42. The van der Waals surface area contributed by atoms with Gasteiger partial charge < -0.3 is 5.73 Å². The highest BCUT2D eigenvalue weighted by atomic mass is 15.5. The second-order valence-electron chi connectivity index (χ2n) is 5.42. The van der Waals surface area contributed by atoms with Gasteiger partial charge in [0.1, 0.15) is 0 Å². The third-order valence-corrected chi connectivity index (χ3v) is 3.49. The van der Waals surface area contributed by atoms with E-state index in [1.807, 2.05) is 23.7 Å². The standard InChI is InChI=1S/C15H23N5/c1-4-5-6-7-12(3)20-15(17-18-19-20)13-8-11(2)9-14(16)10-13/h8-10,12H,4-7,16H2,1-3H3. The van der Waals surface area contributed by atoms with Crippen molar-refractivity contribution in [2.24, 2.45) is 0 Å². The first-order valence-electron chi connectivity index (χ1n) is 7.27. The number of nitrogens with two attached hydrogens (primary N) is 1. The van der Waals surface area contributed by atoms with Crippen LogP contribution in [0.2, 0.25) is 0 Å². The molecule has 0 saturated heterocycles. The molecular formula is C15H23N5. The van der Waals surface area contributed by atoms with Crippen molar-refractivity contribution < 1.29 is 0 Å². The van der Waals surface area contributed by atoms with Crippen LogP contribution >= 0.6 is 0 Å². The Morgan fingerprint density at radius 3 is 2.75 bits per heavy atom. The number of hydrogen-bond acceptors (Lipinski definition) is 4. The van der Waals surface area contributed by atoms with Crippen molar-refractivity contribution in [1.82, 2.24) is 20.2 Å². The zero-order valence-electron chi connectivity index (χ0n) is 12.5. The molecule has 0 saturated carbocycles. The summed E-state index contributed by atoms with van der Waals surface area (Å²) in [7, 11) is 0. The van der Waals surface area contributed by atoms with Gasteiger partial charge in [-0.15, -0.1) is 5.10 Å². The number of rotatable bonds is 6. The molecule has 20 heavy (non-hydrogen) atoms. The minimum atomic E-state index is 0.299. The summed E-state index contributed by atoms with van der Waals surface area (Å²) in [4.78, 5) is 0. The lowest BCUT2D eigenvalue weighted by Crippen LogP contribution is -2.09. The van der Waals surface area contributed by atoms with Crippen LogP contribution in [0.3, 0.4) is 0 Å². The first-order chi connectivity index (χ1) is 9.61. The Morgan fingerprint density at radius 1 is 1.25 bits per heavy atom. The molecule has 5 nitrogen and oxygen atoms in total. The smallest absolute Gasteiger partial charge is 0.182 e. The SMILES string of the molecule is CCCCCC(C)n1nnnc1-c1cc(C)cc(N)c1. The molecule has 0 radical (unpaired) electrons. The number of aromatic nitrogens is 4. The summed E-state index contributed by atoms with van der Waals surface area (Å²) in [6.45, 7) is 6.40. The molecule has 1 aromatic heterocycles. The minimum absolute atomic E-state index is 0.299. The Labute approximate surface area is 120 Å². The molecule has 0 fully saturated rings. The fraction of sp³-hybridized carbons (Fsp3) is 0.533. The predicted octanol–water partition coefficient (Wildman–Crippen LogP) is 3.37. The zero-order valence-corrected chi connectivity index (χ0v) is 12.5. The van der Waals surface area contributed by atoms with E-state index in [4.69, 9.17) is 5.73 Å². The van der Waals surface area contributed by atoms with Gasteiger partial charge in [0.05, 0.1) is 6.04 Å². The van der Waals surface area contributed by atoms with E-state index in [0.29, 0.717) is 6.04 Å². The van der Waals surface area contributed by atoms with E-state index in [2.05, 4.69) is 35.4 Å². The number of anilines is 1. The molecule has 0 bridgehead atoms. The quantitative estimate of drug-likeness (QED) is 0.647. The van der Waals surface area contributed by atoms with Crippen molar-refractivity contribution in [2.45, 2.75) is 52.5 Å². The van der Waals surface area contributed by atoms with E-state index in [0.717, 1.165) is 29.1 Å². The predicted molar refractivity (Wildman–Crippen MR) is 81.3 cm³/mol. The fourth-order valence-corrected chi connectivity index (χ4v) is 2.43. The first-order valence-corrected chi connectivity index (χ1v) is 7.27. The number of nitrogens with zero attached hydrogens (tertiary/aromatic N) is 4. The van der Waals surface area contributed by atoms with Crippen molar-refractivity contribution in [3.05, 3.63) is 23.8 Å². The molecule has 1 atom stereocenters. The van der Waals surface area contributed by atoms with Gasteiger partial charge in [0.2, 0.25) is 0 Å². The number of aryl methyl sites for hydroxylation is 1. The lowest BCUT2D eigenvalue weighted by molar-refractivity contribution is 0.432. The van der Waals surface area contributed by atoms with E-state index in [1.165, 1.54) is 19.3 Å². The van der Waals surface area contributed by atoms with Crippen LogP contribution < -0.4 is 5.73 Å². The maximum Gasteiger partial charge on any atom is 0.182 e. The number of tetrazole rings is 1. The number of hydrogen-bond donors (Lipinski definition) is 1. The van der Waals surface area contributed by atoms with Crippen LogP contribution in [-0.2, 0) is 0 Å². The van der Waals surface area contributed by atoms with Gasteiger partial charge in [0.15, 0.2) is 5.82 Å². The maximum atomic E-state index is 5.91. The molecule has 0 amide bonds. The summed E-state index contributed by atoms with van der Waals surface area (Å²) in [5, 5.41) is 12.1. The van der Waals surface area contributed by atoms with Gasteiger partial charge in [-0.3, -0.25) is 0 Å². The zero-order chi connectivity index (χ0) is 14.5. The largest absolute Gasteiger partial charge is 0.399 e. The molecule has 5 heteroatoms. The van der Waals surface area contributed by atoms with Gasteiger partial charge in [-0.05, 0) is 54.5 Å². The minimum Gasteiger partial charge on any atom is -0.399 e. The average molecular weight is 273 g/mol. The van der Waals surface area contributed by atoms with Crippen LogP contribution in [-0.4, -0.2) is 20.2 Å². The number of benzene rings is 1. The third kappa shape index (κ3) is 3.35. The molecule has 1 heterocycles. The van der Waals surface area contributed by atoms with Gasteiger partial charge in [-0.25, -0.2) is 4.68 Å². The van der Waals surface area contributed by atoms with Crippen LogP contribution in [0, 0.1) is 6.92 Å². The van der Waals surface area contributed by atoms with Crippen molar-refractivity contribution in [2.75, 3.05) is 5.73 Å². The Kier molecular flexibility index (Phi) is 4.71. The van der Waals surface area contributed by atoms with Crippen molar-refractivity contribution in [3.8, 4) is 11.4 Å². The molecule has 1 unspecified atom stereocenters. The molecule has 0 aliphatic rings. The van der Waals surface area contributed by atoms with Gasteiger partial charge in [-0.1, -0.05) is 26.2 Å². The average Bonchev–Trinajstić information content (AvgIpc) is 2.87. The highest BCUT2D eigenvalue weighted by molar-refractivity contribution is 5.62. The van der Waals surface area contributed by atoms with E-state index in [-0.39, 0.29) is 0 Å². The summed E-state index contributed by atoms with van der Waals surface area (Å²) in [6, 6.07) is 6.24. The summed E-state index contributed by atoms with van der Waals surface area (Å²) < 4.78 is 1.91. The van der Waals surface area contributed by atoms with E-state index >= 15 is 0 Å². The molecule has 108 valence electrons. The number of unbranched alkanes of at least 4 members (excludes halogenated alkanes) is 2. The molecule has 2 aromatic rings. The molecule has 0 spiro atoms. The van der Waals surface area contributed by atoms with Crippen LogP contribution in [0.5, 0.6) is 0 Å². The van der Waals surface area contributed by atoms with E-state index in [1.54, 1.807) is 0 Å². The van der Waals surface area contributed by atoms with Gasteiger partial charge >= 0.3 is 0 Å². The van der Waals surface area contributed by atoms with Crippen molar-refractivity contribution in [3.63, 3.8) is 0 Å². The molecule has 1 aromatic carbocycles. The van der Waals surface area contributed by atoms with Gasteiger partial charge in [0.25, 0.3) is 0 Å². The first kappa shape index (κ1) is 14.5. The topological polar surface area (TPSA) is 69.6 Å². The molecular weight excluding hydrogens is 250 g/mol. The van der Waals surface area contributed by atoms with Crippen LogP contribution in [0.15, 0.2) is 18.2 Å².